The largest absolute Gasteiger partial charge is 0.493 e. The number of nitrogens with two attached hydrogens (primary N) is 1. The van der Waals surface area contributed by atoms with Gasteiger partial charge >= 0.3 is 0 Å². The van der Waals surface area contributed by atoms with Gasteiger partial charge in [0.25, 0.3) is 0 Å². The normalized spacial score (nSPS) is 10.2. The zero-order chi connectivity index (χ0) is 12.3. The lowest BCUT2D eigenvalue weighted by atomic mass is 10.3. The van der Waals surface area contributed by atoms with Crippen molar-refractivity contribution in [1.29, 1.82) is 0 Å². The van der Waals surface area contributed by atoms with Gasteiger partial charge < -0.3 is 15.2 Å². The Labute approximate surface area is 107 Å². The molecule has 1 aromatic heterocycles. The second kappa shape index (κ2) is 5.20. The molecule has 0 amide bonds. The van der Waals surface area contributed by atoms with Crippen molar-refractivity contribution in [3.63, 3.8) is 0 Å². The Morgan fingerprint density at radius 1 is 1.35 bits per heavy atom. The van der Waals surface area contributed by atoms with Gasteiger partial charge in [0.2, 0.25) is 5.13 Å². The quantitative estimate of drug-likeness (QED) is 0.924. The molecule has 7 heteroatoms. The lowest BCUT2D eigenvalue weighted by Gasteiger charge is -2.09. The van der Waals surface area contributed by atoms with Crippen LogP contribution in [0.1, 0.15) is 5.01 Å². The van der Waals surface area contributed by atoms with E-state index in [1.54, 1.807) is 25.3 Å². The predicted octanol–water partition coefficient (Wildman–Crippen LogP) is 2.36. The maximum Gasteiger partial charge on any atom is 0.203 e. The molecule has 0 bridgehead atoms. The standard InChI is InChI=1S/C10H10ClN3O2S/c1-15-8-4-6(11)2-3-7(8)16-5-9-13-14-10(12)17-9/h2-4H,5H2,1H3,(H2,12,14). The van der Waals surface area contributed by atoms with Crippen LogP contribution in [0.3, 0.4) is 0 Å². The third-order valence-corrected chi connectivity index (χ3v) is 2.92. The highest BCUT2D eigenvalue weighted by Crippen LogP contribution is 2.30. The van der Waals surface area contributed by atoms with Gasteiger partial charge in [-0.25, -0.2) is 0 Å². The summed E-state index contributed by atoms with van der Waals surface area (Å²) in [6.07, 6.45) is 0. The van der Waals surface area contributed by atoms with Crippen LogP contribution < -0.4 is 15.2 Å². The summed E-state index contributed by atoms with van der Waals surface area (Å²) in [6, 6.07) is 5.16. The van der Waals surface area contributed by atoms with Crippen molar-refractivity contribution in [2.24, 2.45) is 0 Å². The minimum Gasteiger partial charge on any atom is -0.493 e. The van der Waals surface area contributed by atoms with Crippen molar-refractivity contribution in [3.8, 4) is 11.5 Å². The van der Waals surface area contributed by atoms with E-state index in [1.807, 2.05) is 0 Å². The number of hydrogen-bond acceptors (Lipinski definition) is 6. The van der Waals surface area contributed by atoms with E-state index in [9.17, 15) is 0 Å². The Balaban J connectivity index is 2.08. The summed E-state index contributed by atoms with van der Waals surface area (Å²) >= 11 is 7.13. The fourth-order valence-electron chi connectivity index (χ4n) is 1.23. The zero-order valence-corrected chi connectivity index (χ0v) is 10.6. The van der Waals surface area contributed by atoms with E-state index in [4.69, 9.17) is 26.8 Å². The van der Waals surface area contributed by atoms with Crippen molar-refractivity contribution in [3.05, 3.63) is 28.2 Å². The van der Waals surface area contributed by atoms with E-state index in [1.165, 1.54) is 11.3 Å². The first-order chi connectivity index (χ1) is 8.19. The summed E-state index contributed by atoms with van der Waals surface area (Å²) in [5.41, 5.74) is 5.47. The Kier molecular flexibility index (Phi) is 3.65. The smallest absolute Gasteiger partial charge is 0.203 e. The van der Waals surface area contributed by atoms with Crippen molar-refractivity contribution in [2.75, 3.05) is 12.8 Å². The molecule has 0 spiro atoms. The molecule has 2 rings (SSSR count). The van der Waals surface area contributed by atoms with E-state index in [-0.39, 0.29) is 0 Å². The molecule has 0 radical (unpaired) electrons. The van der Waals surface area contributed by atoms with Gasteiger partial charge in [-0.05, 0) is 12.1 Å². The molecule has 0 saturated heterocycles. The van der Waals surface area contributed by atoms with Crippen LogP contribution in [0.15, 0.2) is 18.2 Å². The van der Waals surface area contributed by atoms with Crippen molar-refractivity contribution < 1.29 is 9.47 Å². The van der Waals surface area contributed by atoms with Gasteiger partial charge in [-0.15, -0.1) is 10.2 Å². The van der Waals surface area contributed by atoms with Crippen LogP contribution in [0.2, 0.25) is 5.02 Å². The van der Waals surface area contributed by atoms with Crippen LogP contribution in [0, 0.1) is 0 Å². The number of benzene rings is 1. The van der Waals surface area contributed by atoms with Gasteiger partial charge in [0.1, 0.15) is 6.61 Å². The van der Waals surface area contributed by atoms with Crippen LogP contribution in [0.4, 0.5) is 5.13 Å². The van der Waals surface area contributed by atoms with E-state index in [0.717, 1.165) is 0 Å². The molecular weight excluding hydrogens is 262 g/mol. The van der Waals surface area contributed by atoms with Crippen molar-refractivity contribution in [2.45, 2.75) is 6.61 Å². The van der Waals surface area contributed by atoms with E-state index in [2.05, 4.69) is 10.2 Å². The molecule has 2 N–H and O–H groups in total. The Bertz CT molecular complexity index is 518. The Morgan fingerprint density at radius 3 is 2.82 bits per heavy atom. The highest BCUT2D eigenvalue weighted by atomic mass is 35.5. The fourth-order valence-corrected chi connectivity index (χ4v) is 1.91. The monoisotopic (exact) mass is 271 g/mol. The molecule has 1 aromatic carbocycles. The first-order valence-corrected chi connectivity index (χ1v) is 5.92. The number of halogens is 1. The first-order valence-electron chi connectivity index (χ1n) is 4.73. The molecule has 5 nitrogen and oxygen atoms in total. The Morgan fingerprint density at radius 2 is 2.18 bits per heavy atom. The SMILES string of the molecule is COc1cc(Cl)ccc1OCc1nnc(N)s1. The molecule has 2 aromatic rings. The average molecular weight is 272 g/mol. The zero-order valence-electron chi connectivity index (χ0n) is 9.01. The van der Waals surface area contributed by atoms with Crippen LogP contribution in [0.25, 0.3) is 0 Å². The molecule has 0 aliphatic rings. The summed E-state index contributed by atoms with van der Waals surface area (Å²) in [6.45, 7) is 0.298. The number of rotatable bonds is 4. The molecule has 0 unspecified atom stereocenters. The van der Waals surface area contributed by atoms with Crippen molar-refractivity contribution in [1.82, 2.24) is 10.2 Å². The lowest BCUT2D eigenvalue weighted by Crippen LogP contribution is -1.97. The average Bonchev–Trinajstić information content (AvgIpc) is 2.73. The van der Waals surface area contributed by atoms with E-state index < -0.39 is 0 Å². The number of ether oxygens (including phenoxy) is 2. The van der Waals surface area contributed by atoms with Gasteiger partial charge in [0.05, 0.1) is 7.11 Å². The molecule has 0 fully saturated rings. The number of anilines is 1. The molecule has 0 saturated carbocycles. The Hall–Kier alpha value is -1.53. The number of nitrogen functional groups attached to an aromatic ring is 1. The number of hydrogen-bond donors (Lipinski definition) is 1. The molecule has 1 heterocycles. The molecule has 17 heavy (non-hydrogen) atoms. The van der Waals surface area contributed by atoms with Crippen LogP contribution >= 0.6 is 22.9 Å². The second-order valence-corrected chi connectivity index (χ2v) is 4.65. The third kappa shape index (κ3) is 2.98. The summed E-state index contributed by atoms with van der Waals surface area (Å²) < 4.78 is 10.7. The van der Waals surface area contributed by atoms with Gasteiger partial charge in [-0.2, -0.15) is 0 Å². The van der Waals surface area contributed by atoms with Crippen LogP contribution in [0.5, 0.6) is 11.5 Å². The third-order valence-electron chi connectivity index (χ3n) is 1.96. The van der Waals surface area contributed by atoms with Crippen LogP contribution in [-0.4, -0.2) is 17.3 Å². The topological polar surface area (TPSA) is 70.3 Å². The van der Waals surface area contributed by atoms with Crippen LogP contribution in [-0.2, 0) is 6.61 Å². The fraction of sp³-hybridized carbons (Fsp3) is 0.200. The maximum atomic E-state index is 5.84. The molecule has 0 aliphatic heterocycles. The maximum absolute atomic E-state index is 5.84. The second-order valence-electron chi connectivity index (χ2n) is 3.12. The first kappa shape index (κ1) is 11.9. The number of methoxy groups -OCH3 is 1. The lowest BCUT2D eigenvalue weighted by molar-refractivity contribution is 0.283. The number of aromatic nitrogens is 2. The summed E-state index contributed by atoms with van der Waals surface area (Å²) in [7, 11) is 1.56. The molecular formula is C10H10ClN3O2S. The molecule has 0 atom stereocenters. The highest BCUT2D eigenvalue weighted by Gasteiger charge is 2.07. The minimum absolute atomic E-state index is 0.298. The van der Waals surface area contributed by atoms with E-state index >= 15 is 0 Å². The summed E-state index contributed by atoms with van der Waals surface area (Å²) in [4.78, 5) is 0. The van der Waals surface area contributed by atoms with Gasteiger partial charge in [0, 0.05) is 11.1 Å². The molecule has 0 aliphatic carbocycles. The van der Waals surface area contributed by atoms with E-state index in [0.29, 0.717) is 33.3 Å². The summed E-state index contributed by atoms with van der Waals surface area (Å²) in [5.74, 6) is 1.18. The van der Waals surface area contributed by atoms with Crippen molar-refractivity contribution >= 4 is 28.1 Å². The highest BCUT2D eigenvalue weighted by molar-refractivity contribution is 7.15. The minimum atomic E-state index is 0.298. The number of nitrogens with zero attached hydrogens (tertiary/aromatic N) is 2. The van der Waals surface area contributed by atoms with Gasteiger partial charge in [0.15, 0.2) is 16.5 Å². The molecule has 90 valence electrons. The van der Waals surface area contributed by atoms with Gasteiger partial charge in [-0.3, -0.25) is 0 Å². The summed E-state index contributed by atoms with van der Waals surface area (Å²) in [5, 5.41) is 9.28. The predicted molar refractivity (Wildman–Crippen MR) is 66.7 cm³/mol. The van der Waals surface area contributed by atoms with Gasteiger partial charge in [-0.1, -0.05) is 22.9 Å².